The molecule has 0 saturated heterocycles. The van der Waals surface area contributed by atoms with Gasteiger partial charge in [-0.2, -0.15) is 0 Å². The quantitative estimate of drug-likeness (QED) is 0.296. The van der Waals surface area contributed by atoms with Crippen LogP contribution in [0.15, 0.2) is 83.3 Å². The Labute approximate surface area is 203 Å². The molecule has 4 rings (SSSR count). The minimum absolute atomic E-state index is 0.206. The van der Waals surface area contributed by atoms with Gasteiger partial charge in [-0.3, -0.25) is 0 Å². The highest BCUT2D eigenvalue weighted by Gasteiger charge is 2.29. The zero-order valence-electron chi connectivity index (χ0n) is 19.3. The zero-order chi connectivity index (χ0) is 24.0. The molecule has 1 heterocycles. The standard InChI is InChI=1S/C28H28O5S/c1-28(20-10-5-3-6-11-20,21-12-7-4-8-13-21)34-17-16-22-23-14-9-15-24(32-19-26(30)31-2)27(23)33-25(22)18-29/h3-15,29H,16-19H2,1-2H3. The average molecular weight is 477 g/mol. The smallest absolute Gasteiger partial charge is 0.343 e. The lowest BCUT2D eigenvalue weighted by molar-refractivity contribution is -0.142. The van der Waals surface area contributed by atoms with Crippen molar-refractivity contribution in [2.24, 2.45) is 0 Å². The predicted octanol–water partition coefficient (Wildman–Crippen LogP) is 5.72. The summed E-state index contributed by atoms with van der Waals surface area (Å²) in [6, 6.07) is 26.6. The molecule has 0 aliphatic rings. The largest absolute Gasteiger partial charge is 0.478 e. The molecule has 0 saturated carbocycles. The van der Waals surface area contributed by atoms with Gasteiger partial charge in [0.05, 0.1) is 11.9 Å². The Morgan fingerprint density at radius 2 is 1.62 bits per heavy atom. The van der Waals surface area contributed by atoms with Crippen LogP contribution in [0.25, 0.3) is 11.0 Å². The zero-order valence-corrected chi connectivity index (χ0v) is 20.1. The number of aliphatic hydroxyl groups excluding tert-OH is 1. The number of methoxy groups -OCH3 is 1. The van der Waals surface area contributed by atoms with Crippen LogP contribution in [-0.4, -0.2) is 30.5 Å². The van der Waals surface area contributed by atoms with Gasteiger partial charge >= 0.3 is 5.97 Å². The molecule has 0 bridgehead atoms. The van der Waals surface area contributed by atoms with Crippen LogP contribution in [0.3, 0.4) is 0 Å². The molecule has 1 aromatic heterocycles. The summed E-state index contributed by atoms with van der Waals surface area (Å²) < 4.78 is 16.0. The Morgan fingerprint density at radius 3 is 2.21 bits per heavy atom. The molecule has 4 aromatic rings. The molecule has 176 valence electrons. The number of esters is 1. The van der Waals surface area contributed by atoms with Crippen molar-refractivity contribution < 1.29 is 23.8 Å². The molecule has 0 fully saturated rings. The van der Waals surface area contributed by atoms with Crippen LogP contribution < -0.4 is 4.74 Å². The van der Waals surface area contributed by atoms with Gasteiger partial charge in [-0.1, -0.05) is 72.8 Å². The molecule has 34 heavy (non-hydrogen) atoms. The third-order valence-electron chi connectivity index (χ3n) is 5.97. The first-order valence-corrected chi connectivity index (χ1v) is 12.1. The number of carbonyl (C=O) groups excluding carboxylic acids is 1. The van der Waals surface area contributed by atoms with Gasteiger partial charge in [0.25, 0.3) is 0 Å². The minimum atomic E-state index is -0.469. The van der Waals surface area contributed by atoms with Gasteiger partial charge in [0.1, 0.15) is 12.4 Å². The van der Waals surface area contributed by atoms with Crippen molar-refractivity contribution in [2.75, 3.05) is 19.5 Å². The van der Waals surface area contributed by atoms with E-state index in [1.807, 2.05) is 36.0 Å². The predicted molar refractivity (Wildman–Crippen MR) is 135 cm³/mol. The van der Waals surface area contributed by atoms with Crippen LogP contribution in [-0.2, 0) is 27.3 Å². The molecule has 0 aliphatic carbocycles. The van der Waals surface area contributed by atoms with E-state index in [1.165, 1.54) is 18.2 Å². The lowest BCUT2D eigenvalue weighted by atomic mass is 9.92. The average Bonchev–Trinajstić information content (AvgIpc) is 3.26. The second-order valence-corrected chi connectivity index (χ2v) is 9.54. The van der Waals surface area contributed by atoms with Crippen molar-refractivity contribution in [3.63, 3.8) is 0 Å². The monoisotopic (exact) mass is 476 g/mol. The van der Waals surface area contributed by atoms with Crippen LogP contribution in [0.4, 0.5) is 0 Å². The molecule has 0 unspecified atom stereocenters. The summed E-state index contributed by atoms with van der Waals surface area (Å²) in [6.45, 7) is 1.84. The molecular weight excluding hydrogens is 448 g/mol. The first-order chi connectivity index (χ1) is 16.6. The second-order valence-electron chi connectivity index (χ2n) is 8.02. The molecule has 0 amide bonds. The van der Waals surface area contributed by atoms with Gasteiger partial charge < -0.3 is 19.0 Å². The van der Waals surface area contributed by atoms with Crippen molar-refractivity contribution in [1.82, 2.24) is 0 Å². The third kappa shape index (κ3) is 4.98. The fraction of sp³-hybridized carbons (Fsp3) is 0.250. The van der Waals surface area contributed by atoms with E-state index in [2.05, 4.69) is 60.2 Å². The lowest BCUT2D eigenvalue weighted by Crippen LogP contribution is -2.20. The summed E-state index contributed by atoms with van der Waals surface area (Å²) in [5.74, 6) is 1.32. The van der Waals surface area contributed by atoms with Gasteiger partial charge in [-0.25, -0.2) is 4.79 Å². The number of thioether (sulfide) groups is 1. The number of para-hydroxylation sites is 1. The van der Waals surface area contributed by atoms with Crippen molar-refractivity contribution >= 4 is 28.7 Å². The van der Waals surface area contributed by atoms with Crippen molar-refractivity contribution in [3.8, 4) is 5.75 Å². The molecule has 3 aromatic carbocycles. The fourth-order valence-electron chi connectivity index (χ4n) is 4.11. The van der Waals surface area contributed by atoms with Crippen LogP contribution >= 0.6 is 11.8 Å². The highest BCUT2D eigenvalue weighted by molar-refractivity contribution is 8.00. The minimum Gasteiger partial charge on any atom is -0.478 e. The van der Waals surface area contributed by atoms with E-state index < -0.39 is 5.97 Å². The molecule has 1 N–H and O–H groups in total. The fourth-order valence-corrected chi connectivity index (χ4v) is 5.43. The summed E-state index contributed by atoms with van der Waals surface area (Å²) >= 11 is 1.86. The van der Waals surface area contributed by atoms with Crippen molar-refractivity contribution in [3.05, 3.63) is 101 Å². The number of aryl methyl sites for hydroxylation is 1. The van der Waals surface area contributed by atoms with E-state index in [-0.39, 0.29) is 18.0 Å². The van der Waals surface area contributed by atoms with E-state index >= 15 is 0 Å². The Hall–Kier alpha value is -3.22. The van der Waals surface area contributed by atoms with Gasteiger partial charge in [0, 0.05) is 10.9 Å². The van der Waals surface area contributed by atoms with E-state index in [9.17, 15) is 9.90 Å². The number of hydrogen-bond donors (Lipinski definition) is 1. The maximum absolute atomic E-state index is 11.5. The number of fused-ring (bicyclic) bond motifs is 1. The molecule has 0 spiro atoms. The third-order valence-corrected chi connectivity index (χ3v) is 7.43. The molecule has 0 atom stereocenters. The Balaban J connectivity index is 1.59. The van der Waals surface area contributed by atoms with Crippen LogP contribution in [0.1, 0.15) is 29.4 Å². The lowest BCUT2D eigenvalue weighted by Gasteiger charge is -2.30. The van der Waals surface area contributed by atoms with E-state index in [4.69, 9.17) is 9.15 Å². The van der Waals surface area contributed by atoms with Gasteiger partial charge in [-0.15, -0.1) is 11.8 Å². The van der Waals surface area contributed by atoms with Crippen LogP contribution in [0.2, 0.25) is 0 Å². The SMILES string of the molecule is COC(=O)COc1cccc2c(CCSC(C)(c3ccccc3)c3ccccc3)c(CO)oc12. The number of benzene rings is 3. The van der Waals surface area contributed by atoms with Crippen LogP contribution in [0.5, 0.6) is 5.75 Å². The first kappa shape index (κ1) is 23.9. The summed E-state index contributed by atoms with van der Waals surface area (Å²) in [5.41, 5.74) is 3.97. The highest BCUT2D eigenvalue weighted by Crippen LogP contribution is 2.43. The van der Waals surface area contributed by atoms with Crippen molar-refractivity contribution in [1.29, 1.82) is 0 Å². The van der Waals surface area contributed by atoms with Gasteiger partial charge in [0.2, 0.25) is 0 Å². The number of furan rings is 1. The Bertz CT molecular complexity index is 1190. The maximum Gasteiger partial charge on any atom is 0.343 e. The molecule has 6 heteroatoms. The number of rotatable bonds is 10. The van der Waals surface area contributed by atoms with E-state index in [0.717, 1.165) is 16.7 Å². The maximum atomic E-state index is 11.5. The van der Waals surface area contributed by atoms with Crippen molar-refractivity contribution in [2.45, 2.75) is 24.7 Å². The summed E-state index contributed by atoms with van der Waals surface area (Å²) in [7, 11) is 1.32. The Kier molecular flexibility index (Phi) is 7.60. The number of aliphatic hydroxyl groups is 1. The van der Waals surface area contributed by atoms with Crippen LogP contribution in [0, 0.1) is 0 Å². The number of ether oxygens (including phenoxy) is 2. The van der Waals surface area contributed by atoms with E-state index in [1.54, 1.807) is 6.07 Å². The Morgan fingerprint density at radius 1 is 0.971 bits per heavy atom. The number of carbonyl (C=O) groups is 1. The topological polar surface area (TPSA) is 68.9 Å². The highest BCUT2D eigenvalue weighted by atomic mass is 32.2. The van der Waals surface area contributed by atoms with Gasteiger partial charge in [0.15, 0.2) is 17.9 Å². The normalized spacial score (nSPS) is 11.5. The van der Waals surface area contributed by atoms with E-state index in [0.29, 0.717) is 23.5 Å². The summed E-state index contributed by atoms with van der Waals surface area (Å²) in [6.07, 6.45) is 0.712. The summed E-state index contributed by atoms with van der Waals surface area (Å²) in [5, 5.41) is 10.8. The van der Waals surface area contributed by atoms with Gasteiger partial charge in [-0.05, 0) is 36.3 Å². The molecule has 0 radical (unpaired) electrons. The number of hydrogen-bond acceptors (Lipinski definition) is 6. The second kappa shape index (κ2) is 10.8. The molecule has 5 nitrogen and oxygen atoms in total. The molecule has 0 aliphatic heterocycles. The first-order valence-electron chi connectivity index (χ1n) is 11.2. The molecular formula is C28H28O5S. The summed E-state index contributed by atoms with van der Waals surface area (Å²) in [4.78, 5) is 11.5.